The topological polar surface area (TPSA) is 47.7 Å². The molecule has 3 aromatic rings. The van der Waals surface area contributed by atoms with E-state index in [-0.39, 0.29) is 7.43 Å². The third-order valence-corrected chi connectivity index (χ3v) is 4.47. The van der Waals surface area contributed by atoms with E-state index in [2.05, 4.69) is 9.88 Å². The Balaban J connectivity index is 0.00000210. The SMILES string of the molecule is C.c1coc(-c2ccc(Oc3ccc(OCCN4CCCC4)cc3)cc2)n1. The largest absolute Gasteiger partial charge is 0.492 e. The minimum Gasteiger partial charge on any atom is -0.492 e. The molecule has 0 bridgehead atoms. The van der Waals surface area contributed by atoms with E-state index in [0.717, 1.165) is 36.0 Å². The Labute approximate surface area is 160 Å². The maximum atomic E-state index is 5.88. The van der Waals surface area contributed by atoms with E-state index in [4.69, 9.17) is 13.9 Å². The van der Waals surface area contributed by atoms with E-state index >= 15 is 0 Å². The number of hydrogen-bond acceptors (Lipinski definition) is 5. The zero-order valence-electron chi connectivity index (χ0n) is 14.6. The van der Waals surface area contributed by atoms with E-state index in [1.807, 2.05) is 48.5 Å². The van der Waals surface area contributed by atoms with Crippen LogP contribution in [0.1, 0.15) is 20.3 Å². The molecule has 27 heavy (non-hydrogen) atoms. The molecule has 0 saturated carbocycles. The molecule has 0 atom stereocenters. The average molecular weight is 366 g/mol. The van der Waals surface area contributed by atoms with Gasteiger partial charge in [-0.2, -0.15) is 0 Å². The summed E-state index contributed by atoms with van der Waals surface area (Å²) in [5.74, 6) is 3.02. The van der Waals surface area contributed by atoms with Crippen molar-refractivity contribution in [1.82, 2.24) is 9.88 Å². The molecule has 1 fully saturated rings. The van der Waals surface area contributed by atoms with E-state index in [1.165, 1.54) is 25.9 Å². The molecule has 0 unspecified atom stereocenters. The van der Waals surface area contributed by atoms with Crippen molar-refractivity contribution in [2.45, 2.75) is 20.3 Å². The zero-order valence-corrected chi connectivity index (χ0v) is 14.6. The minimum absolute atomic E-state index is 0. The second kappa shape index (κ2) is 9.24. The van der Waals surface area contributed by atoms with Crippen LogP contribution in [0.3, 0.4) is 0 Å². The van der Waals surface area contributed by atoms with Gasteiger partial charge < -0.3 is 13.9 Å². The predicted molar refractivity (Wildman–Crippen MR) is 106 cm³/mol. The normalized spacial score (nSPS) is 13.9. The molecule has 0 radical (unpaired) electrons. The lowest BCUT2D eigenvalue weighted by atomic mass is 10.2. The van der Waals surface area contributed by atoms with Crippen LogP contribution in [0.4, 0.5) is 0 Å². The van der Waals surface area contributed by atoms with Gasteiger partial charge in [0.25, 0.3) is 0 Å². The van der Waals surface area contributed by atoms with Gasteiger partial charge >= 0.3 is 0 Å². The maximum Gasteiger partial charge on any atom is 0.225 e. The molecule has 0 N–H and O–H groups in total. The van der Waals surface area contributed by atoms with E-state index in [9.17, 15) is 0 Å². The fourth-order valence-corrected chi connectivity index (χ4v) is 3.07. The molecule has 0 spiro atoms. The number of ether oxygens (including phenoxy) is 2. The number of nitrogens with zero attached hydrogens (tertiary/aromatic N) is 2. The minimum atomic E-state index is 0. The van der Waals surface area contributed by atoms with Crippen LogP contribution in [-0.2, 0) is 0 Å². The van der Waals surface area contributed by atoms with Gasteiger partial charge in [-0.25, -0.2) is 4.98 Å². The summed E-state index contributed by atoms with van der Waals surface area (Å²) in [7, 11) is 0. The molecular weight excluding hydrogens is 340 g/mol. The summed E-state index contributed by atoms with van der Waals surface area (Å²) < 4.78 is 17.0. The molecule has 5 heteroatoms. The molecule has 2 heterocycles. The van der Waals surface area contributed by atoms with Gasteiger partial charge in [-0.05, 0) is 74.5 Å². The number of benzene rings is 2. The highest BCUT2D eigenvalue weighted by molar-refractivity contribution is 5.54. The van der Waals surface area contributed by atoms with Crippen molar-refractivity contribution in [2.75, 3.05) is 26.2 Å². The van der Waals surface area contributed by atoms with Crippen molar-refractivity contribution in [2.24, 2.45) is 0 Å². The number of hydrogen-bond donors (Lipinski definition) is 0. The predicted octanol–water partition coefficient (Wildman–Crippen LogP) is 5.24. The molecule has 1 aromatic heterocycles. The summed E-state index contributed by atoms with van der Waals surface area (Å²) in [6.07, 6.45) is 5.82. The Hall–Kier alpha value is -2.79. The van der Waals surface area contributed by atoms with Gasteiger partial charge in [0.2, 0.25) is 5.89 Å². The van der Waals surface area contributed by atoms with Crippen LogP contribution < -0.4 is 9.47 Å². The van der Waals surface area contributed by atoms with E-state index in [0.29, 0.717) is 5.89 Å². The smallest absolute Gasteiger partial charge is 0.225 e. The average Bonchev–Trinajstić information content (AvgIpc) is 3.38. The molecule has 1 saturated heterocycles. The summed E-state index contributed by atoms with van der Waals surface area (Å²) in [6, 6.07) is 15.4. The Kier molecular flexibility index (Phi) is 6.49. The Morgan fingerprint density at radius 2 is 1.52 bits per heavy atom. The highest BCUT2D eigenvalue weighted by atomic mass is 16.5. The Morgan fingerprint density at radius 1 is 0.889 bits per heavy atom. The molecule has 142 valence electrons. The lowest BCUT2D eigenvalue weighted by molar-refractivity contribution is 0.237. The van der Waals surface area contributed by atoms with Gasteiger partial charge in [0.15, 0.2) is 0 Å². The van der Waals surface area contributed by atoms with Crippen molar-refractivity contribution < 1.29 is 13.9 Å². The third kappa shape index (κ3) is 5.11. The van der Waals surface area contributed by atoms with Crippen LogP contribution in [0.25, 0.3) is 11.5 Å². The highest BCUT2D eigenvalue weighted by Gasteiger charge is 2.10. The lowest BCUT2D eigenvalue weighted by Crippen LogP contribution is -2.25. The van der Waals surface area contributed by atoms with Gasteiger partial charge in [0.1, 0.15) is 30.1 Å². The quantitative estimate of drug-likeness (QED) is 0.572. The number of rotatable bonds is 7. The van der Waals surface area contributed by atoms with Crippen LogP contribution >= 0.6 is 0 Å². The molecule has 5 nitrogen and oxygen atoms in total. The van der Waals surface area contributed by atoms with Gasteiger partial charge in [-0.15, -0.1) is 0 Å². The van der Waals surface area contributed by atoms with Crippen molar-refractivity contribution in [1.29, 1.82) is 0 Å². The number of likely N-dealkylation sites (tertiary alicyclic amines) is 1. The molecule has 0 amide bonds. The summed E-state index contributed by atoms with van der Waals surface area (Å²) in [6.45, 7) is 4.12. The second-order valence-electron chi connectivity index (χ2n) is 6.33. The van der Waals surface area contributed by atoms with Crippen LogP contribution in [-0.4, -0.2) is 36.1 Å². The first-order chi connectivity index (χ1) is 12.9. The summed E-state index contributed by atoms with van der Waals surface area (Å²) >= 11 is 0. The molecular formula is C22H26N2O3. The lowest BCUT2D eigenvalue weighted by Gasteiger charge is -2.15. The fraction of sp³-hybridized carbons (Fsp3) is 0.318. The maximum absolute atomic E-state index is 5.88. The van der Waals surface area contributed by atoms with Crippen molar-refractivity contribution >= 4 is 0 Å². The van der Waals surface area contributed by atoms with Gasteiger partial charge in [0, 0.05) is 12.1 Å². The van der Waals surface area contributed by atoms with E-state index < -0.39 is 0 Å². The molecule has 0 aliphatic carbocycles. The Bertz CT molecular complexity index is 793. The van der Waals surface area contributed by atoms with Gasteiger partial charge in [0.05, 0.1) is 6.20 Å². The first-order valence-electron chi connectivity index (χ1n) is 9.00. The molecule has 2 aromatic carbocycles. The van der Waals surface area contributed by atoms with Crippen LogP contribution in [0.15, 0.2) is 65.4 Å². The zero-order chi connectivity index (χ0) is 17.6. The summed E-state index contributed by atoms with van der Waals surface area (Å²) in [5.41, 5.74) is 0.920. The van der Waals surface area contributed by atoms with Crippen LogP contribution in [0, 0.1) is 0 Å². The third-order valence-electron chi connectivity index (χ3n) is 4.47. The molecule has 1 aliphatic rings. The first-order valence-corrected chi connectivity index (χ1v) is 9.00. The van der Waals surface area contributed by atoms with Crippen molar-refractivity contribution in [3.05, 3.63) is 61.0 Å². The van der Waals surface area contributed by atoms with Crippen molar-refractivity contribution in [3.8, 4) is 28.7 Å². The van der Waals surface area contributed by atoms with Gasteiger partial charge in [-0.1, -0.05) is 7.43 Å². The van der Waals surface area contributed by atoms with E-state index in [1.54, 1.807) is 12.5 Å². The van der Waals surface area contributed by atoms with Crippen molar-refractivity contribution in [3.63, 3.8) is 0 Å². The first kappa shape index (κ1) is 19.0. The monoisotopic (exact) mass is 366 g/mol. The van der Waals surface area contributed by atoms with Gasteiger partial charge in [-0.3, -0.25) is 4.90 Å². The number of oxazole rings is 1. The summed E-state index contributed by atoms with van der Waals surface area (Å²) in [5, 5.41) is 0. The van der Waals surface area contributed by atoms with Crippen LogP contribution in [0.2, 0.25) is 0 Å². The van der Waals surface area contributed by atoms with Crippen LogP contribution in [0.5, 0.6) is 17.2 Å². The summed E-state index contributed by atoms with van der Waals surface area (Å²) in [4.78, 5) is 6.58. The highest BCUT2D eigenvalue weighted by Crippen LogP contribution is 2.26. The molecule has 1 aliphatic heterocycles. The standard InChI is InChI=1S/C21H22N2O3.CH4/c1-2-13-23(12-1)14-16-24-18-7-9-20(10-8-18)26-19-5-3-17(4-6-19)21-22-11-15-25-21;/h3-11,15H,1-2,12-14,16H2;1H4. The fourth-order valence-electron chi connectivity index (χ4n) is 3.07. The number of aromatic nitrogens is 1. The second-order valence-corrected chi connectivity index (χ2v) is 6.33. The Morgan fingerprint density at radius 3 is 2.15 bits per heavy atom. The molecule has 4 rings (SSSR count).